The van der Waals surface area contributed by atoms with Crippen molar-refractivity contribution in [2.24, 2.45) is 5.73 Å². The van der Waals surface area contributed by atoms with E-state index in [1.165, 1.54) is 3.97 Å². The zero-order valence-corrected chi connectivity index (χ0v) is 13.2. The number of pyridine rings is 1. The highest BCUT2D eigenvalue weighted by Crippen LogP contribution is 2.26. The van der Waals surface area contributed by atoms with Gasteiger partial charge in [-0.15, -0.1) is 0 Å². The summed E-state index contributed by atoms with van der Waals surface area (Å²) in [5.74, 6) is 0. The number of hydrogen-bond donors (Lipinski definition) is 1. The monoisotopic (exact) mass is 335 g/mol. The Morgan fingerprint density at radius 1 is 1.14 bits per heavy atom. The second kappa shape index (κ2) is 5.72. The predicted molar refractivity (Wildman–Crippen MR) is 86.5 cm³/mol. The van der Waals surface area contributed by atoms with Crippen LogP contribution in [0.4, 0.5) is 0 Å². The normalized spacial score (nSPS) is 11.9. The lowest BCUT2D eigenvalue weighted by Crippen LogP contribution is -2.11. The lowest BCUT2D eigenvalue weighted by Gasteiger charge is -2.07. The van der Waals surface area contributed by atoms with Crippen LogP contribution in [-0.2, 0) is 16.4 Å². The summed E-state index contributed by atoms with van der Waals surface area (Å²) in [7, 11) is -3.68. The first-order valence-electron chi connectivity index (χ1n) is 6.71. The van der Waals surface area contributed by atoms with E-state index in [0.29, 0.717) is 29.2 Å². The highest BCUT2D eigenvalue weighted by molar-refractivity contribution is 7.90. The Morgan fingerprint density at radius 2 is 1.86 bits per heavy atom. The molecule has 0 saturated heterocycles. The summed E-state index contributed by atoms with van der Waals surface area (Å²) in [4.78, 5) is 4.47. The van der Waals surface area contributed by atoms with E-state index in [4.69, 9.17) is 17.3 Å². The van der Waals surface area contributed by atoms with Gasteiger partial charge in [0.05, 0.1) is 15.9 Å². The molecule has 1 aromatic carbocycles. The minimum Gasteiger partial charge on any atom is -0.330 e. The number of rotatable bonds is 4. The third kappa shape index (κ3) is 2.49. The van der Waals surface area contributed by atoms with Crippen LogP contribution in [-0.4, -0.2) is 23.9 Å². The molecule has 0 amide bonds. The molecular formula is C15H14ClN3O2S. The minimum atomic E-state index is -3.68. The lowest BCUT2D eigenvalue weighted by atomic mass is 10.2. The zero-order valence-electron chi connectivity index (χ0n) is 11.6. The van der Waals surface area contributed by atoms with Gasteiger partial charge in [-0.2, -0.15) is 0 Å². The van der Waals surface area contributed by atoms with E-state index in [-0.39, 0.29) is 4.90 Å². The summed E-state index contributed by atoms with van der Waals surface area (Å²) in [6, 6.07) is 11.5. The Labute approximate surface area is 133 Å². The number of fused-ring (bicyclic) bond motifs is 1. The van der Waals surface area contributed by atoms with Crippen LogP contribution in [0.2, 0.25) is 5.15 Å². The van der Waals surface area contributed by atoms with E-state index in [9.17, 15) is 8.42 Å². The second-order valence-corrected chi connectivity index (χ2v) is 7.01. The first-order valence-corrected chi connectivity index (χ1v) is 8.53. The molecule has 3 aromatic rings. The third-order valence-corrected chi connectivity index (χ3v) is 5.27. The van der Waals surface area contributed by atoms with Crippen molar-refractivity contribution in [3.05, 3.63) is 59.4 Å². The zero-order chi connectivity index (χ0) is 15.7. The number of hydrogen-bond acceptors (Lipinski definition) is 4. The van der Waals surface area contributed by atoms with Crippen LogP contribution in [0.3, 0.4) is 0 Å². The van der Waals surface area contributed by atoms with E-state index >= 15 is 0 Å². The second-order valence-electron chi connectivity index (χ2n) is 4.81. The Morgan fingerprint density at radius 3 is 2.55 bits per heavy atom. The number of aromatic nitrogens is 2. The van der Waals surface area contributed by atoms with Gasteiger partial charge in [-0.1, -0.05) is 29.8 Å². The fourth-order valence-electron chi connectivity index (χ4n) is 2.36. The van der Waals surface area contributed by atoms with Crippen LogP contribution < -0.4 is 5.73 Å². The highest BCUT2D eigenvalue weighted by atomic mass is 35.5. The quantitative estimate of drug-likeness (QED) is 0.743. The minimum absolute atomic E-state index is 0.223. The fourth-order valence-corrected chi connectivity index (χ4v) is 3.91. The van der Waals surface area contributed by atoms with Gasteiger partial charge in [0.25, 0.3) is 10.0 Å². The van der Waals surface area contributed by atoms with Gasteiger partial charge < -0.3 is 5.73 Å². The Kier molecular flexibility index (Phi) is 3.90. The molecule has 22 heavy (non-hydrogen) atoms. The first kappa shape index (κ1) is 15.0. The maximum absolute atomic E-state index is 12.8. The van der Waals surface area contributed by atoms with Gasteiger partial charge in [-0.25, -0.2) is 17.4 Å². The summed E-state index contributed by atoms with van der Waals surface area (Å²) in [5.41, 5.74) is 7.43. The SMILES string of the molecule is NCCc1cn(S(=O)(=O)c2ccccc2)c2ccc(Cl)nc12. The maximum Gasteiger partial charge on any atom is 0.268 e. The van der Waals surface area contributed by atoms with Crippen molar-refractivity contribution in [3.63, 3.8) is 0 Å². The van der Waals surface area contributed by atoms with Gasteiger partial charge in [-0.3, -0.25) is 0 Å². The topological polar surface area (TPSA) is 78.0 Å². The molecule has 7 heteroatoms. The lowest BCUT2D eigenvalue weighted by molar-refractivity contribution is 0.589. The van der Waals surface area contributed by atoms with E-state index in [1.54, 1.807) is 48.7 Å². The van der Waals surface area contributed by atoms with E-state index in [2.05, 4.69) is 4.98 Å². The molecule has 2 aromatic heterocycles. The third-order valence-electron chi connectivity index (χ3n) is 3.37. The fraction of sp³-hybridized carbons (Fsp3) is 0.133. The standard InChI is InChI=1S/C15H14ClN3O2S/c16-14-7-6-13-15(18-14)11(8-9-17)10-19(13)22(20,21)12-4-2-1-3-5-12/h1-7,10H,8-9,17H2. The Bertz CT molecular complexity index is 921. The number of nitrogens with two attached hydrogens (primary N) is 1. The Balaban J connectivity index is 2.28. The molecule has 0 unspecified atom stereocenters. The maximum atomic E-state index is 12.8. The molecule has 114 valence electrons. The molecule has 5 nitrogen and oxygen atoms in total. The van der Waals surface area contributed by atoms with Crippen molar-refractivity contribution in [1.82, 2.24) is 8.96 Å². The van der Waals surface area contributed by atoms with Crippen molar-refractivity contribution >= 4 is 32.7 Å². The molecule has 0 radical (unpaired) electrons. The smallest absolute Gasteiger partial charge is 0.268 e. The van der Waals surface area contributed by atoms with Crippen LogP contribution in [0.5, 0.6) is 0 Å². The first-order chi connectivity index (χ1) is 10.5. The Hall–Kier alpha value is -1.89. The van der Waals surface area contributed by atoms with E-state index < -0.39 is 10.0 Å². The van der Waals surface area contributed by atoms with Gasteiger partial charge in [0, 0.05) is 6.20 Å². The molecule has 0 aliphatic carbocycles. The molecule has 2 heterocycles. The van der Waals surface area contributed by atoms with Gasteiger partial charge in [-0.05, 0) is 42.8 Å². The molecule has 0 fully saturated rings. The van der Waals surface area contributed by atoms with Crippen molar-refractivity contribution < 1.29 is 8.42 Å². The van der Waals surface area contributed by atoms with Crippen LogP contribution in [0.1, 0.15) is 5.56 Å². The summed E-state index contributed by atoms with van der Waals surface area (Å²) < 4.78 is 26.9. The van der Waals surface area contributed by atoms with Crippen molar-refractivity contribution in [3.8, 4) is 0 Å². The van der Waals surface area contributed by atoms with E-state index in [1.807, 2.05) is 0 Å². The van der Waals surface area contributed by atoms with Gasteiger partial charge in [0.15, 0.2) is 0 Å². The van der Waals surface area contributed by atoms with Crippen molar-refractivity contribution in [2.45, 2.75) is 11.3 Å². The number of nitrogens with zero attached hydrogens (tertiary/aromatic N) is 2. The summed E-state index contributed by atoms with van der Waals surface area (Å²) in [6.45, 7) is 0.401. The van der Waals surface area contributed by atoms with Crippen molar-refractivity contribution in [2.75, 3.05) is 6.54 Å². The molecule has 0 saturated carbocycles. The number of halogens is 1. The molecule has 0 aliphatic heterocycles. The van der Waals surface area contributed by atoms with E-state index in [0.717, 1.165) is 5.56 Å². The predicted octanol–water partition coefficient (Wildman–Crippen LogP) is 2.43. The number of benzene rings is 1. The molecular weight excluding hydrogens is 322 g/mol. The van der Waals surface area contributed by atoms with Crippen LogP contribution in [0.15, 0.2) is 53.6 Å². The van der Waals surface area contributed by atoms with Crippen LogP contribution in [0.25, 0.3) is 11.0 Å². The van der Waals surface area contributed by atoms with Gasteiger partial charge in [0.2, 0.25) is 0 Å². The summed E-state index contributed by atoms with van der Waals surface area (Å²) in [5, 5.41) is 0.320. The largest absolute Gasteiger partial charge is 0.330 e. The van der Waals surface area contributed by atoms with Gasteiger partial charge >= 0.3 is 0 Å². The molecule has 3 rings (SSSR count). The molecule has 0 bridgehead atoms. The van der Waals surface area contributed by atoms with Crippen molar-refractivity contribution in [1.29, 1.82) is 0 Å². The van der Waals surface area contributed by atoms with Crippen LogP contribution >= 0.6 is 11.6 Å². The summed E-state index contributed by atoms with van der Waals surface area (Å²) >= 11 is 5.93. The average molecular weight is 336 g/mol. The summed E-state index contributed by atoms with van der Waals surface area (Å²) in [6.07, 6.45) is 2.10. The molecule has 0 atom stereocenters. The highest BCUT2D eigenvalue weighted by Gasteiger charge is 2.21. The van der Waals surface area contributed by atoms with Gasteiger partial charge in [0.1, 0.15) is 5.15 Å². The average Bonchev–Trinajstić information content (AvgIpc) is 2.87. The molecule has 0 aliphatic rings. The van der Waals surface area contributed by atoms with Crippen LogP contribution in [0, 0.1) is 0 Å². The molecule has 2 N–H and O–H groups in total. The molecule has 0 spiro atoms.